The maximum atomic E-state index is 12.6. The van der Waals surface area contributed by atoms with Crippen molar-refractivity contribution >= 4 is 17.5 Å². The van der Waals surface area contributed by atoms with Crippen molar-refractivity contribution in [3.8, 4) is 5.75 Å². The number of carbonyl (C=O) groups is 1. The van der Waals surface area contributed by atoms with Gasteiger partial charge in [0.1, 0.15) is 12.4 Å². The standard InChI is InChI=1S/C21H22ClN3O2/c1-3-25-13-12-19(23-25)14-24(2)21(26)17-6-4-16(5-7-17)15-27-20-10-8-18(22)9-11-20/h4-13H,3,14-15H2,1-2H3. The molecule has 5 nitrogen and oxygen atoms in total. The molecule has 0 N–H and O–H groups in total. The van der Waals surface area contributed by atoms with Gasteiger partial charge in [0.05, 0.1) is 12.2 Å². The number of ether oxygens (including phenoxy) is 1. The second kappa shape index (κ2) is 8.73. The van der Waals surface area contributed by atoms with Crippen LogP contribution < -0.4 is 4.74 Å². The Morgan fingerprint density at radius 1 is 1.11 bits per heavy atom. The Balaban J connectivity index is 1.56. The first kappa shape index (κ1) is 19.0. The van der Waals surface area contributed by atoms with Gasteiger partial charge in [-0.2, -0.15) is 5.10 Å². The van der Waals surface area contributed by atoms with E-state index in [-0.39, 0.29) is 5.91 Å². The van der Waals surface area contributed by atoms with Crippen LogP contribution in [0.4, 0.5) is 0 Å². The highest BCUT2D eigenvalue weighted by atomic mass is 35.5. The fraction of sp³-hybridized carbons (Fsp3) is 0.238. The molecule has 0 aliphatic carbocycles. The topological polar surface area (TPSA) is 47.4 Å². The van der Waals surface area contributed by atoms with Gasteiger partial charge in [-0.1, -0.05) is 23.7 Å². The summed E-state index contributed by atoms with van der Waals surface area (Å²) in [5.74, 6) is 0.719. The lowest BCUT2D eigenvalue weighted by Gasteiger charge is -2.16. The Morgan fingerprint density at radius 3 is 2.44 bits per heavy atom. The second-order valence-corrected chi connectivity index (χ2v) is 6.70. The number of hydrogen-bond acceptors (Lipinski definition) is 3. The van der Waals surface area contributed by atoms with Crippen LogP contribution in [0.5, 0.6) is 5.75 Å². The van der Waals surface area contributed by atoms with Crippen molar-refractivity contribution in [2.45, 2.75) is 26.6 Å². The van der Waals surface area contributed by atoms with Crippen molar-refractivity contribution in [3.05, 3.63) is 82.6 Å². The summed E-state index contributed by atoms with van der Waals surface area (Å²) >= 11 is 5.86. The van der Waals surface area contributed by atoms with Crippen molar-refractivity contribution in [1.29, 1.82) is 0 Å². The van der Waals surface area contributed by atoms with E-state index in [1.54, 1.807) is 24.1 Å². The molecular formula is C21H22ClN3O2. The van der Waals surface area contributed by atoms with Gasteiger partial charge in [0.25, 0.3) is 5.91 Å². The summed E-state index contributed by atoms with van der Waals surface area (Å²) in [5.41, 5.74) is 2.51. The number of amides is 1. The van der Waals surface area contributed by atoms with E-state index in [4.69, 9.17) is 16.3 Å². The molecule has 0 unspecified atom stereocenters. The molecule has 0 aliphatic heterocycles. The van der Waals surface area contributed by atoms with Gasteiger partial charge in [0, 0.05) is 30.4 Å². The number of rotatable bonds is 7. The molecule has 27 heavy (non-hydrogen) atoms. The molecule has 1 aromatic heterocycles. The first-order chi connectivity index (χ1) is 13.0. The average Bonchev–Trinajstić information content (AvgIpc) is 3.15. The molecule has 0 aliphatic rings. The van der Waals surface area contributed by atoms with Crippen LogP contribution in [0.3, 0.4) is 0 Å². The van der Waals surface area contributed by atoms with E-state index in [0.717, 1.165) is 23.6 Å². The van der Waals surface area contributed by atoms with E-state index in [9.17, 15) is 4.79 Å². The third kappa shape index (κ3) is 5.11. The van der Waals surface area contributed by atoms with Crippen LogP contribution in [0.25, 0.3) is 0 Å². The third-order valence-electron chi connectivity index (χ3n) is 4.19. The van der Waals surface area contributed by atoms with E-state index in [1.807, 2.05) is 60.3 Å². The number of nitrogens with zero attached hydrogens (tertiary/aromatic N) is 3. The fourth-order valence-electron chi connectivity index (χ4n) is 2.64. The molecule has 0 saturated heterocycles. The lowest BCUT2D eigenvalue weighted by molar-refractivity contribution is 0.0783. The van der Waals surface area contributed by atoms with Gasteiger partial charge in [0.15, 0.2) is 0 Å². The zero-order chi connectivity index (χ0) is 19.2. The zero-order valence-corrected chi connectivity index (χ0v) is 16.2. The van der Waals surface area contributed by atoms with Crippen LogP contribution in [-0.4, -0.2) is 27.6 Å². The van der Waals surface area contributed by atoms with E-state index in [1.165, 1.54) is 0 Å². The van der Waals surface area contributed by atoms with Crippen molar-refractivity contribution < 1.29 is 9.53 Å². The summed E-state index contributed by atoms with van der Waals surface area (Å²) in [4.78, 5) is 14.3. The molecule has 0 bridgehead atoms. The lowest BCUT2D eigenvalue weighted by atomic mass is 10.1. The summed E-state index contributed by atoms with van der Waals surface area (Å²) in [6, 6.07) is 16.6. The van der Waals surface area contributed by atoms with Crippen molar-refractivity contribution in [2.75, 3.05) is 7.05 Å². The molecule has 0 fully saturated rings. The minimum atomic E-state index is -0.0359. The van der Waals surface area contributed by atoms with Crippen molar-refractivity contribution in [3.63, 3.8) is 0 Å². The third-order valence-corrected chi connectivity index (χ3v) is 4.44. The van der Waals surface area contributed by atoms with Crippen molar-refractivity contribution in [1.82, 2.24) is 14.7 Å². The molecule has 6 heteroatoms. The van der Waals surface area contributed by atoms with Gasteiger partial charge in [0.2, 0.25) is 0 Å². The smallest absolute Gasteiger partial charge is 0.253 e. The zero-order valence-electron chi connectivity index (χ0n) is 15.4. The number of benzene rings is 2. The molecule has 0 atom stereocenters. The molecule has 3 aromatic rings. The minimum Gasteiger partial charge on any atom is -0.489 e. The summed E-state index contributed by atoms with van der Waals surface area (Å²) in [7, 11) is 1.78. The number of carbonyl (C=O) groups excluding carboxylic acids is 1. The molecule has 0 radical (unpaired) electrons. The molecule has 0 spiro atoms. The highest BCUT2D eigenvalue weighted by molar-refractivity contribution is 6.30. The first-order valence-electron chi connectivity index (χ1n) is 8.80. The monoisotopic (exact) mass is 383 g/mol. The Morgan fingerprint density at radius 2 is 1.81 bits per heavy atom. The normalized spacial score (nSPS) is 10.6. The Labute approximate surface area is 164 Å². The maximum absolute atomic E-state index is 12.6. The summed E-state index contributed by atoms with van der Waals surface area (Å²) < 4.78 is 7.57. The van der Waals surface area contributed by atoms with Crippen LogP contribution in [0, 0.1) is 0 Å². The van der Waals surface area contributed by atoms with Crippen LogP contribution in [-0.2, 0) is 19.7 Å². The van der Waals surface area contributed by atoms with Gasteiger partial charge in [-0.15, -0.1) is 0 Å². The summed E-state index contributed by atoms with van der Waals surface area (Å²) in [6.07, 6.45) is 1.92. The summed E-state index contributed by atoms with van der Waals surface area (Å²) in [5, 5.41) is 5.09. The Kier molecular flexibility index (Phi) is 6.14. The number of aryl methyl sites for hydroxylation is 1. The molecule has 3 rings (SSSR count). The largest absolute Gasteiger partial charge is 0.489 e. The van der Waals surface area contributed by atoms with Crippen LogP contribution in [0.1, 0.15) is 28.5 Å². The van der Waals surface area contributed by atoms with Crippen molar-refractivity contribution in [2.24, 2.45) is 0 Å². The van der Waals surface area contributed by atoms with Gasteiger partial charge in [-0.25, -0.2) is 0 Å². The minimum absolute atomic E-state index is 0.0359. The maximum Gasteiger partial charge on any atom is 0.253 e. The highest BCUT2D eigenvalue weighted by Gasteiger charge is 2.13. The van der Waals surface area contributed by atoms with Gasteiger partial charge >= 0.3 is 0 Å². The van der Waals surface area contributed by atoms with Gasteiger partial charge in [-0.3, -0.25) is 9.48 Å². The molecule has 0 saturated carbocycles. The predicted octanol–water partition coefficient (Wildman–Crippen LogP) is 4.41. The molecule has 2 aromatic carbocycles. The van der Waals surface area contributed by atoms with E-state index in [0.29, 0.717) is 23.7 Å². The molecule has 1 heterocycles. The Hall–Kier alpha value is -2.79. The van der Waals surface area contributed by atoms with Gasteiger partial charge in [-0.05, 0) is 55.0 Å². The Bertz CT molecular complexity index is 889. The van der Waals surface area contributed by atoms with Crippen LogP contribution in [0.15, 0.2) is 60.8 Å². The second-order valence-electron chi connectivity index (χ2n) is 6.26. The molecule has 1 amide bonds. The van der Waals surface area contributed by atoms with Crippen LogP contribution in [0.2, 0.25) is 5.02 Å². The number of halogens is 1. The number of aromatic nitrogens is 2. The average molecular weight is 384 g/mol. The highest BCUT2D eigenvalue weighted by Crippen LogP contribution is 2.17. The van der Waals surface area contributed by atoms with E-state index >= 15 is 0 Å². The summed E-state index contributed by atoms with van der Waals surface area (Å²) in [6.45, 7) is 3.76. The number of hydrogen-bond donors (Lipinski definition) is 0. The van der Waals surface area contributed by atoms with Gasteiger partial charge < -0.3 is 9.64 Å². The van der Waals surface area contributed by atoms with E-state index < -0.39 is 0 Å². The molecule has 140 valence electrons. The SMILES string of the molecule is CCn1ccc(CN(C)C(=O)c2ccc(COc3ccc(Cl)cc3)cc2)n1. The predicted molar refractivity (Wildman–Crippen MR) is 106 cm³/mol. The molecular weight excluding hydrogens is 362 g/mol. The van der Waals surface area contributed by atoms with E-state index in [2.05, 4.69) is 5.10 Å². The lowest BCUT2D eigenvalue weighted by Crippen LogP contribution is -2.26. The van der Waals surface area contributed by atoms with Crippen LogP contribution >= 0.6 is 11.6 Å². The first-order valence-corrected chi connectivity index (χ1v) is 9.18. The fourth-order valence-corrected chi connectivity index (χ4v) is 2.77. The quantitative estimate of drug-likeness (QED) is 0.607.